The molecule has 0 unspecified atom stereocenters. The van der Waals surface area contributed by atoms with Gasteiger partial charge in [-0.1, -0.05) is 4.48 Å². The fraction of sp³-hybridized carbons (Fsp3) is 0.250. The minimum Gasteiger partial charge on any atom is -0.266 e. The van der Waals surface area contributed by atoms with E-state index in [0.29, 0.717) is 0 Å². The molecule has 0 spiro atoms. The van der Waals surface area contributed by atoms with Crippen LogP contribution in [-0.2, 0) is 0 Å². The Kier molecular flexibility index (Phi) is 1.24. The summed E-state index contributed by atoms with van der Waals surface area (Å²) in [5.74, 6) is -0.654. The standard InChI is InChI=1S/C4H4F2N2/c5-4-1-7-3-8(6)2-4/h1-2H,3H2. The third-order valence-electron chi connectivity index (χ3n) is 0.695. The lowest BCUT2D eigenvalue weighted by atomic mass is 10.6. The summed E-state index contributed by atoms with van der Waals surface area (Å²) in [6, 6.07) is 0. The molecule has 0 atom stereocenters. The summed E-state index contributed by atoms with van der Waals surface area (Å²) in [5, 5.41) is 0.176. The highest BCUT2D eigenvalue weighted by Gasteiger charge is 2.01. The van der Waals surface area contributed by atoms with Crippen LogP contribution in [0.3, 0.4) is 0 Å². The summed E-state index contributed by atoms with van der Waals surface area (Å²) in [6.45, 7) is -0.104. The van der Waals surface area contributed by atoms with Crippen LogP contribution in [-0.4, -0.2) is 18.0 Å². The molecule has 0 aromatic rings. The fourth-order valence-corrected chi connectivity index (χ4v) is 0.414. The van der Waals surface area contributed by atoms with Crippen molar-refractivity contribution in [3.8, 4) is 0 Å². The lowest BCUT2D eigenvalue weighted by molar-refractivity contribution is 0.0893. The van der Waals surface area contributed by atoms with Crippen molar-refractivity contribution < 1.29 is 8.87 Å². The molecule has 1 aliphatic heterocycles. The van der Waals surface area contributed by atoms with Crippen LogP contribution < -0.4 is 0 Å². The molecule has 0 fully saturated rings. The first-order valence-electron chi connectivity index (χ1n) is 2.08. The molecule has 0 N–H and O–H groups in total. The monoisotopic (exact) mass is 118 g/mol. The van der Waals surface area contributed by atoms with E-state index in [1.165, 1.54) is 0 Å². The lowest BCUT2D eigenvalue weighted by Crippen LogP contribution is -2.09. The van der Waals surface area contributed by atoms with Crippen LogP contribution in [0.2, 0.25) is 0 Å². The molecule has 0 aromatic heterocycles. The van der Waals surface area contributed by atoms with Crippen LogP contribution in [0.4, 0.5) is 8.87 Å². The highest BCUT2D eigenvalue weighted by Crippen LogP contribution is 2.02. The maximum atomic E-state index is 11.9. The van der Waals surface area contributed by atoms with Crippen molar-refractivity contribution in [2.75, 3.05) is 6.67 Å². The Hall–Kier alpha value is -0.930. The van der Waals surface area contributed by atoms with E-state index in [0.717, 1.165) is 12.4 Å². The maximum Gasteiger partial charge on any atom is 0.159 e. The first-order valence-corrected chi connectivity index (χ1v) is 2.08. The van der Waals surface area contributed by atoms with Gasteiger partial charge in [0.05, 0.1) is 12.4 Å². The minimum atomic E-state index is -0.654. The SMILES string of the molecule is FC1=CN(F)CN=C1. The van der Waals surface area contributed by atoms with Crippen molar-refractivity contribution in [2.45, 2.75) is 0 Å². The molecule has 0 aromatic carbocycles. The van der Waals surface area contributed by atoms with E-state index in [2.05, 4.69) is 4.99 Å². The molecule has 0 saturated carbocycles. The molecular weight excluding hydrogens is 114 g/mol. The Balaban J connectivity index is 2.63. The molecule has 1 rings (SSSR count). The van der Waals surface area contributed by atoms with E-state index in [-0.39, 0.29) is 11.8 Å². The van der Waals surface area contributed by atoms with Crippen molar-refractivity contribution in [3.05, 3.63) is 12.0 Å². The Labute approximate surface area is 45.1 Å². The Morgan fingerprint density at radius 2 is 2.50 bits per heavy atom. The van der Waals surface area contributed by atoms with E-state index >= 15 is 0 Å². The first-order chi connectivity index (χ1) is 3.79. The third kappa shape index (κ3) is 1.02. The van der Waals surface area contributed by atoms with Gasteiger partial charge in [0, 0.05) is 0 Å². The van der Waals surface area contributed by atoms with Crippen LogP contribution in [0, 0.1) is 0 Å². The van der Waals surface area contributed by atoms with Gasteiger partial charge in [0.15, 0.2) is 5.83 Å². The molecule has 4 heteroatoms. The van der Waals surface area contributed by atoms with Gasteiger partial charge in [-0.3, -0.25) is 4.99 Å². The van der Waals surface area contributed by atoms with Gasteiger partial charge in [-0.05, 0) is 0 Å². The average Bonchev–Trinajstić information content (AvgIpc) is 1.64. The van der Waals surface area contributed by atoms with Crippen LogP contribution >= 0.6 is 0 Å². The van der Waals surface area contributed by atoms with Gasteiger partial charge in [-0.15, -0.1) is 0 Å². The number of hydrogen-bond donors (Lipinski definition) is 0. The molecule has 0 saturated heterocycles. The van der Waals surface area contributed by atoms with Crippen molar-refractivity contribution in [1.82, 2.24) is 5.12 Å². The van der Waals surface area contributed by atoms with E-state index in [9.17, 15) is 8.87 Å². The maximum absolute atomic E-state index is 11.9. The quantitative estimate of drug-likeness (QED) is 0.433. The zero-order valence-electron chi connectivity index (χ0n) is 4.01. The molecule has 8 heavy (non-hydrogen) atoms. The van der Waals surface area contributed by atoms with Crippen LogP contribution in [0.5, 0.6) is 0 Å². The fourth-order valence-electron chi connectivity index (χ4n) is 0.414. The third-order valence-corrected chi connectivity index (χ3v) is 0.695. The molecule has 1 heterocycles. The highest BCUT2D eigenvalue weighted by atomic mass is 19.2. The molecular formula is C4H4F2N2. The highest BCUT2D eigenvalue weighted by molar-refractivity contribution is 5.75. The van der Waals surface area contributed by atoms with E-state index < -0.39 is 5.83 Å². The normalized spacial score (nSPS) is 18.8. The van der Waals surface area contributed by atoms with Crippen LogP contribution in [0.25, 0.3) is 0 Å². The zero-order valence-corrected chi connectivity index (χ0v) is 4.01. The molecule has 44 valence electrons. The van der Waals surface area contributed by atoms with Gasteiger partial charge in [-0.2, -0.15) is 5.12 Å². The number of allylic oxidation sites excluding steroid dienone is 1. The number of nitrogens with zero attached hydrogens (tertiary/aromatic N) is 2. The smallest absolute Gasteiger partial charge is 0.159 e. The van der Waals surface area contributed by atoms with E-state index in [1.54, 1.807) is 0 Å². The van der Waals surface area contributed by atoms with Crippen molar-refractivity contribution in [3.63, 3.8) is 0 Å². The molecule has 2 nitrogen and oxygen atoms in total. The average molecular weight is 118 g/mol. The number of halogens is 2. The predicted octanol–water partition coefficient (Wildman–Crippen LogP) is 1.03. The number of aliphatic imine (C=N–C) groups is 1. The summed E-state index contributed by atoms with van der Waals surface area (Å²) < 4.78 is 23.7. The molecule has 0 aliphatic carbocycles. The predicted molar refractivity (Wildman–Crippen MR) is 25.5 cm³/mol. The van der Waals surface area contributed by atoms with Gasteiger partial charge in [0.2, 0.25) is 0 Å². The topological polar surface area (TPSA) is 15.6 Å². The van der Waals surface area contributed by atoms with Gasteiger partial charge in [0.25, 0.3) is 0 Å². The van der Waals surface area contributed by atoms with Gasteiger partial charge < -0.3 is 0 Å². The first kappa shape index (κ1) is 5.21. The summed E-state index contributed by atoms with van der Waals surface area (Å²) in [6.07, 6.45) is 1.73. The summed E-state index contributed by atoms with van der Waals surface area (Å²) in [7, 11) is 0. The van der Waals surface area contributed by atoms with Crippen LogP contribution in [0.1, 0.15) is 0 Å². The second-order valence-electron chi connectivity index (χ2n) is 1.37. The zero-order chi connectivity index (χ0) is 5.98. The van der Waals surface area contributed by atoms with E-state index in [1.807, 2.05) is 0 Å². The van der Waals surface area contributed by atoms with Gasteiger partial charge in [-0.25, -0.2) is 4.39 Å². The summed E-state index contributed by atoms with van der Waals surface area (Å²) >= 11 is 0. The summed E-state index contributed by atoms with van der Waals surface area (Å²) in [4.78, 5) is 3.32. The molecule has 1 aliphatic rings. The van der Waals surface area contributed by atoms with Crippen molar-refractivity contribution in [1.29, 1.82) is 0 Å². The number of rotatable bonds is 0. The number of hydrogen-bond acceptors (Lipinski definition) is 2. The largest absolute Gasteiger partial charge is 0.266 e. The van der Waals surface area contributed by atoms with Crippen LogP contribution in [0.15, 0.2) is 17.0 Å². The Bertz CT molecular complexity index is 141. The van der Waals surface area contributed by atoms with Gasteiger partial charge >= 0.3 is 0 Å². The molecule has 0 radical (unpaired) electrons. The van der Waals surface area contributed by atoms with Gasteiger partial charge in [0.1, 0.15) is 6.67 Å². The second-order valence-corrected chi connectivity index (χ2v) is 1.37. The summed E-state index contributed by atoms with van der Waals surface area (Å²) in [5.41, 5.74) is 0. The molecule has 0 bridgehead atoms. The van der Waals surface area contributed by atoms with E-state index in [4.69, 9.17) is 0 Å². The second kappa shape index (κ2) is 1.90. The Morgan fingerprint density at radius 3 is 2.88 bits per heavy atom. The van der Waals surface area contributed by atoms with Crippen molar-refractivity contribution >= 4 is 6.21 Å². The van der Waals surface area contributed by atoms with Crippen molar-refractivity contribution in [2.24, 2.45) is 4.99 Å². The minimum absolute atomic E-state index is 0.104. The lowest BCUT2D eigenvalue weighted by Gasteiger charge is -2.06. The molecule has 0 amide bonds. The Morgan fingerprint density at radius 1 is 1.75 bits per heavy atom.